The van der Waals surface area contributed by atoms with E-state index in [1.807, 2.05) is 54.0 Å². The first-order chi connectivity index (χ1) is 16.4. The molecule has 0 unspecified atom stereocenters. The molecule has 0 atom stereocenters. The Bertz CT molecular complexity index is 1240. The number of hydrogen-bond donors (Lipinski definition) is 1. The lowest BCUT2D eigenvalue weighted by Gasteiger charge is -2.39. The van der Waals surface area contributed by atoms with Gasteiger partial charge in [-0.2, -0.15) is 5.10 Å². The number of methoxy groups -OCH3 is 1. The second kappa shape index (κ2) is 8.62. The van der Waals surface area contributed by atoms with E-state index >= 15 is 0 Å². The minimum Gasteiger partial charge on any atom is -0.495 e. The van der Waals surface area contributed by atoms with Crippen molar-refractivity contribution in [2.75, 3.05) is 38.6 Å². The third-order valence-corrected chi connectivity index (χ3v) is 7.26. The number of nitrogens with zero attached hydrogens (tertiary/aromatic N) is 5. The number of amides is 3. The normalized spacial score (nSPS) is 17.4. The van der Waals surface area contributed by atoms with Crippen molar-refractivity contribution in [1.82, 2.24) is 24.4 Å². The van der Waals surface area contributed by atoms with E-state index in [0.717, 1.165) is 42.8 Å². The van der Waals surface area contributed by atoms with E-state index in [1.165, 1.54) is 0 Å². The molecule has 2 fully saturated rings. The third kappa shape index (κ3) is 3.95. The fraction of sp³-hybridized carbons (Fsp3) is 0.440. The van der Waals surface area contributed by atoms with Crippen molar-refractivity contribution < 1.29 is 14.3 Å². The first-order valence-corrected chi connectivity index (χ1v) is 11.7. The van der Waals surface area contributed by atoms with Gasteiger partial charge in [-0.3, -0.25) is 4.79 Å². The van der Waals surface area contributed by atoms with Gasteiger partial charge in [0.25, 0.3) is 5.91 Å². The van der Waals surface area contributed by atoms with Crippen molar-refractivity contribution in [2.24, 2.45) is 5.41 Å². The lowest BCUT2D eigenvalue weighted by atomic mass is 9.78. The Morgan fingerprint density at radius 2 is 1.76 bits per heavy atom. The van der Waals surface area contributed by atoms with Crippen molar-refractivity contribution in [3.05, 3.63) is 53.5 Å². The number of carbonyl (C=O) groups is 2. The Morgan fingerprint density at radius 1 is 1.06 bits per heavy atom. The third-order valence-electron chi connectivity index (χ3n) is 7.26. The molecular weight excluding hydrogens is 432 g/mol. The molecule has 0 bridgehead atoms. The maximum atomic E-state index is 13.3. The number of hydrogen-bond acceptors (Lipinski definition) is 5. The van der Waals surface area contributed by atoms with Crippen LogP contribution in [0.1, 0.15) is 41.0 Å². The highest BCUT2D eigenvalue weighted by Crippen LogP contribution is 2.41. The number of aromatic nitrogens is 3. The van der Waals surface area contributed by atoms with Gasteiger partial charge in [0.05, 0.1) is 29.7 Å². The predicted octanol–water partition coefficient (Wildman–Crippen LogP) is 3.51. The van der Waals surface area contributed by atoms with Gasteiger partial charge in [0.15, 0.2) is 5.65 Å². The second-order valence-electron chi connectivity index (χ2n) is 9.41. The van der Waals surface area contributed by atoms with Crippen LogP contribution in [0.2, 0.25) is 0 Å². The van der Waals surface area contributed by atoms with Gasteiger partial charge in [-0.25, -0.2) is 14.3 Å². The fourth-order valence-corrected chi connectivity index (χ4v) is 5.19. The van der Waals surface area contributed by atoms with E-state index in [-0.39, 0.29) is 17.4 Å². The first-order valence-electron chi connectivity index (χ1n) is 11.7. The zero-order chi connectivity index (χ0) is 23.9. The molecule has 0 saturated carbocycles. The van der Waals surface area contributed by atoms with Crippen LogP contribution in [-0.2, 0) is 0 Å². The number of piperidine rings is 1. The summed E-state index contributed by atoms with van der Waals surface area (Å²) in [6, 6.07) is 9.20. The number of benzene rings is 1. The van der Waals surface area contributed by atoms with Crippen LogP contribution in [0.15, 0.2) is 36.5 Å². The Kier molecular flexibility index (Phi) is 5.63. The molecule has 3 amide bonds. The molecule has 1 spiro atoms. The molecule has 9 nitrogen and oxygen atoms in total. The number of rotatable bonds is 3. The SMILES string of the molecule is COc1ccccc1NC(=O)N1CCC2(CC1)CCN(C(=O)c1cnc3cc(C)nn3c1C)C2. The highest BCUT2D eigenvalue weighted by atomic mass is 16.5. The molecule has 34 heavy (non-hydrogen) atoms. The van der Waals surface area contributed by atoms with Crippen LogP contribution >= 0.6 is 0 Å². The van der Waals surface area contributed by atoms with Crippen LogP contribution in [0.25, 0.3) is 5.65 Å². The summed E-state index contributed by atoms with van der Waals surface area (Å²) in [7, 11) is 1.59. The molecule has 5 rings (SSSR count). The summed E-state index contributed by atoms with van der Waals surface area (Å²) in [5.41, 5.74) is 3.77. The van der Waals surface area contributed by atoms with Crippen molar-refractivity contribution in [2.45, 2.75) is 33.1 Å². The van der Waals surface area contributed by atoms with E-state index in [2.05, 4.69) is 15.4 Å². The Labute approximate surface area is 198 Å². The zero-order valence-corrected chi connectivity index (χ0v) is 19.9. The van der Waals surface area contributed by atoms with Gasteiger partial charge in [0.1, 0.15) is 5.75 Å². The molecule has 3 aromatic rings. The summed E-state index contributed by atoms with van der Waals surface area (Å²) in [5, 5.41) is 7.43. The van der Waals surface area contributed by atoms with E-state index in [9.17, 15) is 9.59 Å². The number of likely N-dealkylation sites (tertiary alicyclic amines) is 2. The summed E-state index contributed by atoms with van der Waals surface area (Å²) in [4.78, 5) is 34.4. The van der Waals surface area contributed by atoms with Gasteiger partial charge in [0.2, 0.25) is 0 Å². The molecule has 1 aromatic carbocycles. The quantitative estimate of drug-likeness (QED) is 0.643. The topological polar surface area (TPSA) is 92.1 Å². The van der Waals surface area contributed by atoms with Crippen LogP contribution in [0.4, 0.5) is 10.5 Å². The van der Waals surface area contributed by atoms with Crippen molar-refractivity contribution >= 4 is 23.3 Å². The van der Waals surface area contributed by atoms with Crippen LogP contribution in [0, 0.1) is 19.3 Å². The summed E-state index contributed by atoms with van der Waals surface area (Å²) in [6.07, 6.45) is 4.38. The van der Waals surface area contributed by atoms with Gasteiger partial charge >= 0.3 is 6.03 Å². The first kappa shape index (κ1) is 22.2. The maximum absolute atomic E-state index is 13.3. The number of carbonyl (C=O) groups excluding carboxylic acids is 2. The van der Waals surface area contributed by atoms with Gasteiger partial charge in [-0.05, 0) is 50.7 Å². The van der Waals surface area contributed by atoms with Crippen LogP contribution < -0.4 is 10.1 Å². The smallest absolute Gasteiger partial charge is 0.321 e. The van der Waals surface area contributed by atoms with Gasteiger partial charge in [-0.15, -0.1) is 0 Å². The highest BCUT2D eigenvalue weighted by Gasteiger charge is 2.43. The highest BCUT2D eigenvalue weighted by molar-refractivity contribution is 5.95. The Hall–Kier alpha value is -3.62. The number of anilines is 1. The van der Waals surface area contributed by atoms with Gasteiger partial charge in [0, 0.05) is 38.4 Å². The summed E-state index contributed by atoms with van der Waals surface area (Å²) in [6.45, 7) is 6.61. The second-order valence-corrected chi connectivity index (χ2v) is 9.41. The van der Waals surface area contributed by atoms with Gasteiger partial charge in [-0.1, -0.05) is 12.1 Å². The number of para-hydroxylation sites is 2. The molecule has 2 aliphatic heterocycles. The molecule has 0 aliphatic carbocycles. The Morgan fingerprint density at radius 3 is 2.50 bits per heavy atom. The van der Waals surface area contributed by atoms with Crippen LogP contribution in [0.3, 0.4) is 0 Å². The van der Waals surface area contributed by atoms with E-state index in [0.29, 0.717) is 36.6 Å². The number of aryl methyl sites for hydroxylation is 2. The van der Waals surface area contributed by atoms with Crippen molar-refractivity contribution in [3.63, 3.8) is 0 Å². The number of fused-ring (bicyclic) bond motifs is 1. The van der Waals surface area contributed by atoms with E-state index in [1.54, 1.807) is 17.8 Å². The average Bonchev–Trinajstić information content (AvgIpc) is 3.43. The molecular formula is C25H30N6O3. The molecule has 9 heteroatoms. The average molecular weight is 463 g/mol. The van der Waals surface area contributed by atoms with Gasteiger partial charge < -0.3 is 19.9 Å². The van der Waals surface area contributed by atoms with Crippen LogP contribution in [0.5, 0.6) is 5.75 Å². The molecule has 2 saturated heterocycles. The minimum atomic E-state index is -0.116. The molecule has 4 heterocycles. The monoisotopic (exact) mass is 462 g/mol. The van der Waals surface area contributed by atoms with Crippen molar-refractivity contribution in [1.29, 1.82) is 0 Å². The summed E-state index contributed by atoms with van der Waals surface area (Å²) < 4.78 is 7.08. The molecule has 1 N–H and O–H groups in total. The van der Waals surface area contributed by atoms with E-state index in [4.69, 9.17) is 4.74 Å². The summed E-state index contributed by atoms with van der Waals surface area (Å²) >= 11 is 0. The minimum absolute atomic E-state index is 0.00766. The molecule has 178 valence electrons. The summed E-state index contributed by atoms with van der Waals surface area (Å²) in [5.74, 6) is 0.649. The lowest BCUT2D eigenvalue weighted by Crippen LogP contribution is -2.46. The fourth-order valence-electron chi connectivity index (χ4n) is 5.19. The van der Waals surface area contributed by atoms with E-state index < -0.39 is 0 Å². The van der Waals surface area contributed by atoms with Crippen molar-refractivity contribution in [3.8, 4) is 5.75 Å². The molecule has 2 aliphatic rings. The van der Waals surface area contributed by atoms with Crippen LogP contribution in [-0.4, -0.2) is 69.6 Å². The number of urea groups is 1. The largest absolute Gasteiger partial charge is 0.495 e. The number of nitrogens with one attached hydrogen (secondary N) is 1. The zero-order valence-electron chi connectivity index (χ0n) is 19.9. The lowest BCUT2D eigenvalue weighted by molar-refractivity contribution is 0.0737. The molecule has 0 radical (unpaired) electrons. The Balaban J connectivity index is 1.22. The maximum Gasteiger partial charge on any atom is 0.321 e. The standard InChI is InChI=1S/C25H30N6O3/c1-17-14-22-26-15-19(18(2)31(22)28-17)23(32)30-13-10-25(16-30)8-11-29(12-9-25)24(33)27-20-6-4-5-7-21(20)34-3/h4-7,14-15H,8-13,16H2,1-3H3,(H,27,33). The predicted molar refractivity (Wildman–Crippen MR) is 128 cm³/mol. The number of ether oxygens (including phenoxy) is 1. The molecule has 2 aromatic heterocycles.